The lowest BCUT2D eigenvalue weighted by Gasteiger charge is -2.22. The van der Waals surface area contributed by atoms with E-state index in [0.717, 1.165) is 39.2 Å². The number of nitrogens with zero attached hydrogens (tertiary/aromatic N) is 3. The molecule has 61 heavy (non-hydrogen) atoms. The highest BCUT2D eigenvalue weighted by molar-refractivity contribution is 7.26. The number of benzene rings is 9. The van der Waals surface area contributed by atoms with Crippen molar-refractivity contribution < 1.29 is 0 Å². The molecule has 12 aromatic rings. The van der Waals surface area contributed by atoms with Crippen LogP contribution >= 0.6 is 11.3 Å². The summed E-state index contributed by atoms with van der Waals surface area (Å²) in [6.45, 7) is 4.66. The largest absolute Gasteiger partial charge is 0.309 e. The average Bonchev–Trinajstić information content (AvgIpc) is 3.93. The standard InChI is InChI=1S/C57H37N3S/c1-57(2)47-16-8-5-13-41(47)42-27-21-38(33-48(42)57)55-44-15-6-9-17-49(44)58-56(59-55)35-19-25-39(26-20-35)60-50-18-10-7-14-43(50)45-31-36(22-28-51(45)60)37-24-29-52-46(32-37)54-40-12-4-3-11-34(40)23-30-53(54)61-52/h3-33H,1-2H3. The number of para-hydroxylation sites is 2. The molecule has 13 rings (SSSR count). The second-order valence-electron chi connectivity index (χ2n) is 16.9. The lowest BCUT2D eigenvalue weighted by Crippen LogP contribution is -2.14. The van der Waals surface area contributed by atoms with Crippen molar-refractivity contribution in [3.05, 3.63) is 199 Å². The Bertz CT molecular complexity index is 3790. The third-order valence-corrected chi connectivity index (χ3v) is 14.3. The van der Waals surface area contributed by atoms with Crippen LogP contribution in [0.25, 0.3) is 114 Å². The molecular formula is C57H37N3S. The summed E-state index contributed by atoms with van der Waals surface area (Å²) >= 11 is 1.88. The first-order chi connectivity index (χ1) is 30.0. The van der Waals surface area contributed by atoms with Crippen molar-refractivity contribution in [1.82, 2.24) is 14.5 Å². The first-order valence-corrected chi connectivity index (χ1v) is 21.8. The van der Waals surface area contributed by atoms with E-state index < -0.39 is 0 Å². The van der Waals surface area contributed by atoms with Crippen LogP contribution < -0.4 is 0 Å². The quantitative estimate of drug-likeness (QED) is 0.178. The fourth-order valence-corrected chi connectivity index (χ4v) is 11.3. The number of hydrogen-bond donors (Lipinski definition) is 0. The van der Waals surface area contributed by atoms with E-state index in [1.54, 1.807) is 0 Å². The summed E-state index contributed by atoms with van der Waals surface area (Å²) in [5.74, 6) is 0.721. The molecule has 3 nitrogen and oxygen atoms in total. The van der Waals surface area contributed by atoms with Crippen molar-refractivity contribution in [3.63, 3.8) is 0 Å². The number of aromatic nitrogens is 3. The molecule has 0 bridgehead atoms. The second kappa shape index (κ2) is 12.8. The average molecular weight is 796 g/mol. The fraction of sp³-hybridized carbons (Fsp3) is 0.0526. The Morgan fingerprint density at radius 2 is 1.10 bits per heavy atom. The van der Waals surface area contributed by atoms with Crippen molar-refractivity contribution in [2.75, 3.05) is 0 Å². The summed E-state index contributed by atoms with van der Waals surface area (Å²) in [7, 11) is 0. The molecule has 0 N–H and O–H groups in total. The first-order valence-electron chi connectivity index (χ1n) is 21.0. The van der Waals surface area contributed by atoms with Gasteiger partial charge in [0.05, 0.1) is 22.2 Å². The minimum absolute atomic E-state index is 0.0960. The highest BCUT2D eigenvalue weighted by Crippen LogP contribution is 2.50. The van der Waals surface area contributed by atoms with Gasteiger partial charge in [-0.15, -0.1) is 11.3 Å². The molecule has 3 heterocycles. The van der Waals surface area contributed by atoms with Crippen LogP contribution in [-0.2, 0) is 5.41 Å². The van der Waals surface area contributed by atoms with Gasteiger partial charge in [0.25, 0.3) is 0 Å². The molecule has 0 saturated heterocycles. The van der Waals surface area contributed by atoms with Gasteiger partial charge in [-0.05, 0) is 117 Å². The Balaban J connectivity index is 0.901. The molecule has 4 heteroatoms. The van der Waals surface area contributed by atoms with Gasteiger partial charge in [0.2, 0.25) is 0 Å². The predicted molar refractivity (Wildman–Crippen MR) is 258 cm³/mol. The van der Waals surface area contributed by atoms with Crippen molar-refractivity contribution in [1.29, 1.82) is 0 Å². The predicted octanol–water partition coefficient (Wildman–Crippen LogP) is 15.6. The molecule has 0 aliphatic heterocycles. The third kappa shape index (κ3) is 5.09. The van der Waals surface area contributed by atoms with Crippen LogP contribution in [0, 0.1) is 0 Å². The van der Waals surface area contributed by atoms with Crippen LogP contribution in [-0.4, -0.2) is 14.5 Å². The van der Waals surface area contributed by atoms with Gasteiger partial charge in [-0.25, -0.2) is 9.97 Å². The minimum atomic E-state index is -0.0960. The minimum Gasteiger partial charge on any atom is -0.309 e. The van der Waals surface area contributed by atoms with Crippen LogP contribution in [0.3, 0.4) is 0 Å². The molecule has 1 aliphatic rings. The molecule has 1 aliphatic carbocycles. The zero-order valence-corrected chi connectivity index (χ0v) is 34.5. The number of rotatable bonds is 4. The highest BCUT2D eigenvalue weighted by atomic mass is 32.1. The first kappa shape index (κ1) is 34.5. The van der Waals surface area contributed by atoms with E-state index in [-0.39, 0.29) is 5.41 Å². The van der Waals surface area contributed by atoms with Gasteiger partial charge in [-0.3, -0.25) is 0 Å². The summed E-state index contributed by atoms with van der Waals surface area (Å²) in [5, 5.41) is 8.79. The van der Waals surface area contributed by atoms with Crippen molar-refractivity contribution in [2.45, 2.75) is 19.3 Å². The van der Waals surface area contributed by atoms with Gasteiger partial charge >= 0.3 is 0 Å². The molecule has 0 fully saturated rings. The van der Waals surface area contributed by atoms with Crippen molar-refractivity contribution in [3.8, 4) is 50.6 Å². The molecule has 0 radical (unpaired) electrons. The molecule has 9 aromatic carbocycles. The SMILES string of the molecule is CC1(C)c2ccccc2-c2ccc(-c3nc(-c4ccc(-n5c6ccccc6c6cc(-c7ccc8sc9ccc%10ccccc%10c9c8c7)ccc65)cc4)nc4ccccc34)cc21. The van der Waals surface area contributed by atoms with Gasteiger partial charge in [-0.1, -0.05) is 129 Å². The van der Waals surface area contributed by atoms with E-state index in [1.807, 2.05) is 11.3 Å². The van der Waals surface area contributed by atoms with Gasteiger partial charge in [0.1, 0.15) is 0 Å². The van der Waals surface area contributed by atoms with E-state index in [0.29, 0.717) is 0 Å². The monoisotopic (exact) mass is 795 g/mol. The van der Waals surface area contributed by atoms with Crippen LogP contribution in [0.1, 0.15) is 25.0 Å². The number of fused-ring (bicyclic) bond motifs is 12. The van der Waals surface area contributed by atoms with E-state index in [2.05, 4.69) is 206 Å². The maximum Gasteiger partial charge on any atom is 0.160 e. The highest BCUT2D eigenvalue weighted by Gasteiger charge is 2.35. The molecular weight excluding hydrogens is 759 g/mol. The molecule has 0 unspecified atom stereocenters. The molecule has 3 aromatic heterocycles. The summed E-state index contributed by atoms with van der Waals surface area (Å²) in [6.07, 6.45) is 0. The van der Waals surface area contributed by atoms with Gasteiger partial charge in [0, 0.05) is 58.6 Å². The normalized spacial score (nSPS) is 13.2. The summed E-state index contributed by atoms with van der Waals surface area (Å²) in [4.78, 5) is 10.4. The second-order valence-corrected chi connectivity index (χ2v) is 18.0. The van der Waals surface area contributed by atoms with E-state index in [1.165, 1.54) is 86.1 Å². The Morgan fingerprint density at radius 3 is 1.98 bits per heavy atom. The zero-order valence-electron chi connectivity index (χ0n) is 33.6. The number of thiophene rings is 1. The van der Waals surface area contributed by atoms with Gasteiger partial charge < -0.3 is 4.57 Å². The van der Waals surface area contributed by atoms with Gasteiger partial charge in [-0.2, -0.15) is 0 Å². The molecule has 0 spiro atoms. The Hall–Kier alpha value is -7.40. The van der Waals surface area contributed by atoms with Crippen LogP contribution in [0.2, 0.25) is 0 Å². The topological polar surface area (TPSA) is 30.7 Å². The molecule has 0 amide bonds. The smallest absolute Gasteiger partial charge is 0.160 e. The van der Waals surface area contributed by atoms with E-state index >= 15 is 0 Å². The third-order valence-electron chi connectivity index (χ3n) is 13.2. The number of hydrogen-bond acceptors (Lipinski definition) is 3. The molecule has 0 saturated carbocycles. The Morgan fingerprint density at radius 1 is 0.443 bits per heavy atom. The lowest BCUT2D eigenvalue weighted by molar-refractivity contribution is 0.660. The maximum atomic E-state index is 5.32. The summed E-state index contributed by atoms with van der Waals surface area (Å²) in [5.41, 5.74) is 15.1. The molecule has 0 atom stereocenters. The van der Waals surface area contributed by atoms with Crippen LogP contribution in [0.4, 0.5) is 0 Å². The Labute approximate surface area is 356 Å². The molecule has 286 valence electrons. The fourth-order valence-electron chi connectivity index (χ4n) is 10.2. The van der Waals surface area contributed by atoms with Crippen molar-refractivity contribution in [2.24, 2.45) is 0 Å². The van der Waals surface area contributed by atoms with Crippen LogP contribution in [0.5, 0.6) is 0 Å². The van der Waals surface area contributed by atoms with E-state index in [4.69, 9.17) is 9.97 Å². The maximum absolute atomic E-state index is 5.32. The summed E-state index contributed by atoms with van der Waals surface area (Å²) < 4.78 is 5.04. The van der Waals surface area contributed by atoms with Crippen molar-refractivity contribution >= 4 is 75.0 Å². The Kier molecular flexibility index (Phi) is 7.23. The van der Waals surface area contributed by atoms with Crippen LogP contribution in [0.15, 0.2) is 188 Å². The zero-order chi connectivity index (χ0) is 40.4. The lowest BCUT2D eigenvalue weighted by atomic mass is 9.82. The summed E-state index contributed by atoms with van der Waals surface area (Å²) in [6, 6.07) is 68.7. The van der Waals surface area contributed by atoms with Gasteiger partial charge in [0.15, 0.2) is 5.82 Å². The van der Waals surface area contributed by atoms with E-state index in [9.17, 15) is 0 Å².